The Hall–Kier alpha value is -1.30. The van der Waals surface area contributed by atoms with E-state index in [2.05, 4.69) is 19.2 Å². The van der Waals surface area contributed by atoms with Crippen LogP contribution in [0.15, 0.2) is 0 Å². The number of carbonyl (C=O) groups excluding carboxylic acids is 2. The second kappa shape index (κ2) is 27.8. The standard InChI is InChI=1S/C35H67NO9/c1-3-5-7-9-11-13-15-16-18-20-22-24-30(38)36-28(27-44-35-33(41)32(40)31(39)29(26-37)45-35)34(42)43-25-23-21-19-17-14-12-10-8-6-4-2/h28-29,31-33,35,37,39-41H,3-27H2,1-2H3,(H,36,38)/t28-,29+,31+,32-,33+,35+/m0/s1. The van der Waals surface area contributed by atoms with Crippen LogP contribution in [-0.2, 0) is 23.8 Å². The molecule has 45 heavy (non-hydrogen) atoms. The van der Waals surface area contributed by atoms with E-state index < -0.39 is 49.3 Å². The summed E-state index contributed by atoms with van der Waals surface area (Å²) in [6.45, 7) is 3.73. The maximum atomic E-state index is 12.9. The molecule has 266 valence electrons. The Morgan fingerprint density at radius 3 is 1.62 bits per heavy atom. The van der Waals surface area contributed by atoms with Crippen molar-refractivity contribution in [2.45, 2.75) is 192 Å². The highest BCUT2D eigenvalue weighted by atomic mass is 16.7. The summed E-state index contributed by atoms with van der Waals surface area (Å²) >= 11 is 0. The van der Waals surface area contributed by atoms with Crippen LogP contribution in [0.4, 0.5) is 0 Å². The van der Waals surface area contributed by atoms with Crippen LogP contribution in [0.2, 0.25) is 0 Å². The van der Waals surface area contributed by atoms with E-state index in [0.717, 1.165) is 44.9 Å². The Balaban J connectivity index is 2.45. The van der Waals surface area contributed by atoms with Gasteiger partial charge in [0.05, 0.1) is 19.8 Å². The summed E-state index contributed by atoms with van der Waals surface area (Å²) in [6.07, 6.45) is 17.5. The molecule has 0 radical (unpaired) electrons. The van der Waals surface area contributed by atoms with Gasteiger partial charge in [-0.1, -0.05) is 136 Å². The second-order valence-corrected chi connectivity index (χ2v) is 12.8. The fraction of sp³-hybridized carbons (Fsp3) is 0.943. The van der Waals surface area contributed by atoms with Crippen LogP contribution < -0.4 is 5.32 Å². The Morgan fingerprint density at radius 1 is 0.667 bits per heavy atom. The van der Waals surface area contributed by atoms with Gasteiger partial charge < -0.3 is 40.0 Å². The predicted molar refractivity (Wildman–Crippen MR) is 176 cm³/mol. The van der Waals surface area contributed by atoms with Crippen molar-refractivity contribution in [3.63, 3.8) is 0 Å². The van der Waals surface area contributed by atoms with Gasteiger partial charge in [-0.3, -0.25) is 4.79 Å². The van der Waals surface area contributed by atoms with Gasteiger partial charge in [-0.2, -0.15) is 0 Å². The molecule has 10 heteroatoms. The number of amides is 1. The number of nitrogens with one attached hydrogen (secondary N) is 1. The summed E-state index contributed by atoms with van der Waals surface area (Å²) in [6, 6.07) is -1.12. The number of aliphatic hydroxyl groups is 4. The van der Waals surface area contributed by atoms with Gasteiger partial charge in [0, 0.05) is 6.42 Å². The van der Waals surface area contributed by atoms with Crippen LogP contribution >= 0.6 is 0 Å². The third-order valence-electron chi connectivity index (χ3n) is 8.64. The maximum absolute atomic E-state index is 12.9. The monoisotopic (exact) mass is 645 g/mol. The molecular weight excluding hydrogens is 578 g/mol. The van der Waals surface area contributed by atoms with Crippen molar-refractivity contribution in [2.24, 2.45) is 0 Å². The molecule has 0 aromatic carbocycles. The molecule has 0 unspecified atom stereocenters. The highest BCUT2D eigenvalue weighted by molar-refractivity contribution is 5.84. The lowest BCUT2D eigenvalue weighted by atomic mass is 9.99. The van der Waals surface area contributed by atoms with E-state index in [1.165, 1.54) is 89.9 Å². The number of rotatable bonds is 29. The number of carbonyl (C=O) groups is 2. The van der Waals surface area contributed by atoms with E-state index in [4.69, 9.17) is 14.2 Å². The van der Waals surface area contributed by atoms with Gasteiger partial charge in [0.2, 0.25) is 5.91 Å². The van der Waals surface area contributed by atoms with Crippen molar-refractivity contribution < 1.29 is 44.2 Å². The molecule has 1 rings (SSSR count). The van der Waals surface area contributed by atoms with Crippen molar-refractivity contribution in [3.8, 4) is 0 Å². The summed E-state index contributed by atoms with van der Waals surface area (Å²) in [5, 5.41) is 42.5. The molecule has 6 atom stereocenters. The molecule has 0 saturated carbocycles. The van der Waals surface area contributed by atoms with E-state index in [0.29, 0.717) is 0 Å². The fourth-order valence-corrected chi connectivity index (χ4v) is 5.64. The lowest BCUT2D eigenvalue weighted by Gasteiger charge is -2.39. The number of unbranched alkanes of at least 4 members (excludes halogenated alkanes) is 19. The minimum atomic E-state index is -1.60. The zero-order valence-electron chi connectivity index (χ0n) is 28.5. The normalized spacial score (nSPS) is 22.3. The molecule has 1 aliphatic rings. The summed E-state index contributed by atoms with van der Waals surface area (Å²) in [4.78, 5) is 25.7. The Labute approximate surface area is 273 Å². The molecule has 10 nitrogen and oxygen atoms in total. The van der Waals surface area contributed by atoms with Crippen molar-refractivity contribution in [1.29, 1.82) is 0 Å². The molecule has 1 aliphatic heterocycles. The average Bonchev–Trinajstić information content (AvgIpc) is 3.04. The molecule has 1 saturated heterocycles. The average molecular weight is 646 g/mol. The first kappa shape index (κ1) is 41.7. The number of hydrogen-bond donors (Lipinski definition) is 5. The van der Waals surface area contributed by atoms with Gasteiger partial charge in [-0.25, -0.2) is 4.79 Å². The van der Waals surface area contributed by atoms with Crippen LogP contribution in [0.5, 0.6) is 0 Å². The number of hydrogen-bond acceptors (Lipinski definition) is 9. The largest absolute Gasteiger partial charge is 0.464 e. The van der Waals surface area contributed by atoms with Gasteiger partial charge in [0.1, 0.15) is 24.4 Å². The first-order valence-electron chi connectivity index (χ1n) is 18.2. The van der Waals surface area contributed by atoms with Crippen LogP contribution in [0.25, 0.3) is 0 Å². The second-order valence-electron chi connectivity index (χ2n) is 12.8. The minimum Gasteiger partial charge on any atom is -0.464 e. The van der Waals surface area contributed by atoms with Gasteiger partial charge in [-0.15, -0.1) is 0 Å². The molecule has 5 N–H and O–H groups in total. The quantitative estimate of drug-likeness (QED) is 0.0527. The predicted octanol–water partition coefficient (Wildman–Crippen LogP) is 5.45. The molecule has 0 bridgehead atoms. The molecule has 1 amide bonds. The molecule has 0 spiro atoms. The minimum absolute atomic E-state index is 0.236. The van der Waals surface area contributed by atoms with Crippen LogP contribution in [-0.4, -0.2) is 88.9 Å². The molecule has 1 heterocycles. The smallest absolute Gasteiger partial charge is 0.331 e. The Morgan fingerprint density at radius 2 is 1.13 bits per heavy atom. The first-order chi connectivity index (χ1) is 21.8. The molecular formula is C35H67NO9. The highest BCUT2D eigenvalue weighted by Gasteiger charge is 2.44. The van der Waals surface area contributed by atoms with E-state index >= 15 is 0 Å². The molecule has 1 fully saturated rings. The highest BCUT2D eigenvalue weighted by Crippen LogP contribution is 2.22. The third kappa shape index (κ3) is 19.8. The van der Waals surface area contributed by atoms with Gasteiger partial charge in [0.15, 0.2) is 12.3 Å². The van der Waals surface area contributed by atoms with Gasteiger partial charge in [0.25, 0.3) is 0 Å². The molecule has 0 aromatic heterocycles. The SMILES string of the molecule is CCCCCCCCCCCCCC(=O)N[C@@H](CO[C@@H]1O[C@H](CO)[C@@H](O)[C@H](O)[C@H]1O)C(=O)OCCCCCCCCCCCC. The van der Waals surface area contributed by atoms with E-state index in [1.54, 1.807) is 0 Å². The lowest BCUT2D eigenvalue weighted by molar-refractivity contribution is -0.301. The van der Waals surface area contributed by atoms with Crippen LogP contribution in [0.1, 0.15) is 155 Å². The van der Waals surface area contributed by atoms with Crippen LogP contribution in [0.3, 0.4) is 0 Å². The van der Waals surface area contributed by atoms with Crippen molar-refractivity contribution >= 4 is 11.9 Å². The topological polar surface area (TPSA) is 155 Å². The zero-order valence-corrected chi connectivity index (χ0v) is 28.5. The Bertz CT molecular complexity index is 723. The number of aliphatic hydroxyl groups excluding tert-OH is 4. The van der Waals surface area contributed by atoms with Crippen LogP contribution in [0, 0.1) is 0 Å². The van der Waals surface area contributed by atoms with Gasteiger partial charge in [-0.05, 0) is 12.8 Å². The van der Waals surface area contributed by atoms with E-state index in [-0.39, 0.29) is 25.5 Å². The molecule has 0 aliphatic carbocycles. The third-order valence-corrected chi connectivity index (χ3v) is 8.64. The summed E-state index contributed by atoms with van der Waals surface area (Å²) in [5.41, 5.74) is 0. The molecule has 0 aromatic rings. The van der Waals surface area contributed by atoms with Gasteiger partial charge >= 0.3 is 5.97 Å². The van der Waals surface area contributed by atoms with E-state index in [9.17, 15) is 30.0 Å². The number of esters is 1. The van der Waals surface area contributed by atoms with Crippen molar-refractivity contribution in [1.82, 2.24) is 5.32 Å². The van der Waals surface area contributed by atoms with Crippen molar-refractivity contribution in [2.75, 3.05) is 19.8 Å². The summed E-state index contributed by atoms with van der Waals surface area (Å²) in [7, 11) is 0. The number of ether oxygens (including phenoxy) is 3. The maximum Gasteiger partial charge on any atom is 0.331 e. The zero-order chi connectivity index (χ0) is 33.1. The lowest BCUT2D eigenvalue weighted by Crippen LogP contribution is -2.59. The summed E-state index contributed by atoms with van der Waals surface area (Å²) in [5.74, 6) is -0.924. The first-order valence-corrected chi connectivity index (χ1v) is 18.2. The summed E-state index contributed by atoms with van der Waals surface area (Å²) < 4.78 is 16.4. The Kier molecular flexibility index (Phi) is 25.8. The van der Waals surface area contributed by atoms with E-state index in [1.807, 2.05) is 0 Å². The van der Waals surface area contributed by atoms with Crippen molar-refractivity contribution in [3.05, 3.63) is 0 Å². The fourth-order valence-electron chi connectivity index (χ4n) is 5.64.